The van der Waals surface area contributed by atoms with Gasteiger partial charge in [-0.3, -0.25) is 4.68 Å². The Morgan fingerprint density at radius 2 is 2.20 bits per heavy atom. The van der Waals surface area contributed by atoms with Gasteiger partial charge in [-0.15, -0.1) is 0 Å². The normalized spacial score (nSPS) is 11.1. The van der Waals surface area contributed by atoms with E-state index in [-0.39, 0.29) is 6.04 Å². The van der Waals surface area contributed by atoms with Crippen LogP contribution in [-0.4, -0.2) is 20.9 Å². The maximum Gasteiger partial charge on any atom is 0.335 e. The number of nitrogens with zero attached hydrogens (tertiary/aromatic N) is 2. The third kappa shape index (κ3) is 1.58. The van der Waals surface area contributed by atoms with E-state index in [0.29, 0.717) is 5.56 Å². The number of hydrogen-bond acceptors (Lipinski definition) is 2. The van der Waals surface area contributed by atoms with Gasteiger partial charge in [0.1, 0.15) is 0 Å². The molecule has 0 saturated heterocycles. The average molecular weight is 204 g/mol. The van der Waals surface area contributed by atoms with Gasteiger partial charge in [0.25, 0.3) is 0 Å². The summed E-state index contributed by atoms with van der Waals surface area (Å²) >= 11 is 0. The summed E-state index contributed by atoms with van der Waals surface area (Å²) in [4.78, 5) is 10.8. The molecule has 0 aliphatic heterocycles. The maximum absolute atomic E-state index is 10.8. The lowest BCUT2D eigenvalue weighted by atomic mass is 10.1. The Hall–Kier alpha value is -1.84. The molecule has 4 nitrogen and oxygen atoms in total. The molecule has 2 aromatic rings. The summed E-state index contributed by atoms with van der Waals surface area (Å²) in [5.74, 6) is -0.908. The zero-order valence-electron chi connectivity index (χ0n) is 8.64. The van der Waals surface area contributed by atoms with Crippen molar-refractivity contribution >= 4 is 16.9 Å². The monoisotopic (exact) mass is 204 g/mol. The molecule has 0 saturated carbocycles. The Morgan fingerprint density at radius 3 is 2.80 bits per heavy atom. The van der Waals surface area contributed by atoms with Crippen LogP contribution >= 0.6 is 0 Å². The van der Waals surface area contributed by atoms with Crippen molar-refractivity contribution in [2.75, 3.05) is 0 Å². The Morgan fingerprint density at radius 1 is 1.47 bits per heavy atom. The molecule has 0 atom stereocenters. The summed E-state index contributed by atoms with van der Waals surface area (Å²) in [7, 11) is 0. The zero-order chi connectivity index (χ0) is 11.0. The van der Waals surface area contributed by atoms with Gasteiger partial charge in [-0.05, 0) is 32.0 Å². The molecular weight excluding hydrogens is 192 g/mol. The van der Waals surface area contributed by atoms with E-state index in [9.17, 15) is 4.79 Å². The molecule has 1 N–H and O–H groups in total. The summed E-state index contributed by atoms with van der Waals surface area (Å²) in [6.07, 6.45) is 1.70. The minimum atomic E-state index is -0.908. The zero-order valence-corrected chi connectivity index (χ0v) is 8.64. The first kappa shape index (κ1) is 9.71. The number of aromatic nitrogens is 2. The number of fused-ring (bicyclic) bond motifs is 1. The molecule has 78 valence electrons. The Bertz CT molecular complexity index is 514. The summed E-state index contributed by atoms with van der Waals surface area (Å²) < 4.78 is 1.88. The van der Waals surface area contributed by atoms with Gasteiger partial charge >= 0.3 is 5.97 Å². The van der Waals surface area contributed by atoms with Crippen LogP contribution in [0.3, 0.4) is 0 Å². The highest BCUT2D eigenvalue weighted by molar-refractivity contribution is 5.93. The van der Waals surface area contributed by atoms with Crippen LogP contribution in [0.4, 0.5) is 0 Å². The van der Waals surface area contributed by atoms with Crippen molar-refractivity contribution in [2.45, 2.75) is 19.9 Å². The number of carboxylic acid groups (broad SMARTS) is 1. The summed E-state index contributed by atoms with van der Waals surface area (Å²) in [5.41, 5.74) is 1.26. The van der Waals surface area contributed by atoms with Gasteiger partial charge in [-0.1, -0.05) is 0 Å². The van der Waals surface area contributed by atoms with Gasteiger partial charge in [0.2, 0.25) is 0 Å². The number of benzene rings is 1. The first-order chi connectivity index (χ1) is 7.09. The van der Waals surface area contributed by atoms with Crippen LogP contribution in [0.2, 0.25) is 0 Å². The third-order valence-corrected chi connectivity index (χ3v) is 2.33. The Kier molecular flexibility index (Phi) is 2.19. The van der Waals surface area contributed by atoms with Gasteiger partial charge in [0.15, 0.2) is 0 Å². The topological polar surface area (TPSA) is 55.1 Å². The van der Waals surface area contributed by atoms with E-state index in [1.807, 2.05) is 18.5 Å². The maximum atomic E-state index is 10.8. The SMILES string of the molecule is CC(C)n1ncc2cc(C(=O)O)ccc21. The van der Waals surface area contributed by atoms with E-state index in [1.54, 1.807) is 24.4 Å². The minimum absolute atomic E-state index is 0.276. The molecule has 0 amide bonds. The highest BCUT2D eigenvalue weighted by atomic mass is 16.4. The molecule has 15 heavy (non-hydrogen) atoms. The van der Waals surface area contributed by atoms with Gasteiger partial charge in [0.05, 0.1) is 17.3 Å². The van der Waals surface area contributed by atoms with Crippen molar-refractivity contribution in [3.63, 3.8) is 0 Å². The lowest BCUT2D eigenvalue weighted by Crippen LogP contribution is -2.02. The van der Waals surface area contributed by atoms with Gasteiger partial charge in [-0.25, -0.2) is 4.79 Å². The first-order valence-electron chi connectivity index (χ1n) is 4.80. The van der Waals surface area contributed by atoms with Crippen LogP contribution < -0.4 is 0 Å². The molecule has 1 heterocycles. The van der Waals surface area contributed by atoms with Crippen molar-refractivity contribution in [1.82, 2.24) is 9.78 Å². The number of rotatable bonds is 2. The van der Waals surface area contributed by atoms with Crippen LogP contribution in [0.25, 0.3) is 10.9 Å². The molecule has 0 radical (unpaired) electrons. The lowest BCUT2D eigenvalue weighted by molar-refractivity contribution is 0.0697. The van der Waals surface area contributed by atoms with Crippen LogP contribution in [-0.2, 0) is 0 Å². The fourth-order valence-electron chi connectivity index (χ4n) is 1.60. The predicted molar refractivity (Wildman–Crippen MR) is 57.1 cm³/mol. The van der Waals surface area contributed by atoms with E-state index in [0.717, 1.165) is 10.9 Å². The summed E-state index contributed by atoms with van der Waals surface area (Å²) in [6, 6.07) is 5.32. The number of carbonyl (C=O) groups is 1. The third-order valence-electron chi connectivity index (χ3n) is 2.33. The fourth-order valence-corrected chi connectivity index (χ4v) is 1.60. The second-order valence-corrected chi connectivity index (χ2v) is 3.76. The predicted octanol–water partition coefficient (Wildman–Crippen LogP) is 2.32. The van der Waals surface area contributed by atoms with E-state index in [4.69, 9.17) is 5.11 Å². The van der Waals surface area contributed by atoms with E-state index in [2.05, 4.69) is 5.10 Å². The smallest absolute Gasteiger partial charge is 0.335 e. The second-order valence-electron chi connectivity index (χ2n) is 3.76. The van der Waals surface area contributed by atoms with Crippen molar-refractivity contribution in [3.05, 3.63) is 30.0 Å². The largest absolute Gasteiger partial charge is 0.478 e. The number of hydrogen-bond donors (Lipinski definition) is 1. The Balaban J connectivity index is 2.61. The minimum Gasteiger partial charge on any atom is -0.478 e. The van der Waals surface area contributed by atoms with Crippen LogP contribution in [0, 0.1) is 0 Å². The second kappa shape index (κ2) is 3.38. The summed E-state index contributed by atoms with van der Waals surface area (Å²) in [5, 5.41) is 13.9. The quantitative estimate of drug-likeness (QED) is 0.816. The van der Waals surface area contributed by atoms with Crippen LogP contribution in [0.15, 0.2) is 24.4 Å². The molecule has 0 aliphatic rings. The molecule has 0 aliphatic carbocycles. The molecule has 0 spiro atoms. The molecular formula is C11H12N2O2. The van der Waals surface area contributed by atoms with E-state index < -0.39 is 5.97 Å². The fraction of sp³-hybridized carbons (Fsp3) is 0.273. The molecule has 1 aromatic carbocycles. The van der Waals surface area contributed by atoms with Crippen molar-refractivity contribution in [2.24, 2.45) is 0 Å². The molecule has 1 aromatic heterocycles. The number of carboxylic acids is 1. The molecule has 2 rings (SSSR count). The molecule has 0 bridgehead atoms. The molecule has 4 heteroatoms. The van der Waals surface area contributed by atoms with Crippen LogP contribution in [0.1, 0.15) is 30.2 Å². The standard InChI is InChI=1S/C11H12N2O2/c1-7(2)13-10-4-3-8(11(14)15)5-9(10)6-12-13/h3-7H,1-2H3,(H,14,15). The van der Waals surface area contributed by atoms with E-state index in [1.165, 1.54) is 0 Å². The molecule has 0 fully saturated rings. The van der Waals surface area contributed by atoms with Gasteiger partial charge in [-0.2, -0.15) is 5.10 Å². The van der Waals surface area contributed by atoms with Crippen molar-refractivity contribution in [3.8, 4) is 0 Å². The average Bonchev–Trinajstić information content (AvgIpc) is 2.59. The van der Waals surface area contributed by atoms with Crippen LogP contribution in [0.5, 0.6) is 0 Å². The first-order valence-corrected chi connectivity index (χ1v) is 4.80. The number of aromatic carboxylic acids is 1. The lowest BCUT2D eigenvalue weighted by Gasteiger charge is -2.06. The van der Waals surface area contributed by atoms with Gasteiger partial charge in [0, 0.05) is 11.4 Å². The molecule has 0 unspecified atom stereocenters. The van der Waals surface area contributed by atoms with Crippen molar-refractivity contribution in [1.29, 1.82) is 0 Å². The van der Waals surface area contributed by atoms with Crippen molar-refractivity contribution < 1.29 is 9.90 Å². The summed E-state index contributed by atoms with van der Waals surface area (Å²) in [6.45, 7) is 4.08. The highest BCUT2D eigenvalue weighted by Crippen LogP contribution is 2.18. The highest BCUT2D eigenvalue weighted by Gasteiger charge is 2.08. The van der Waals surface area contributed by atoms with Gasteiger partial charge < -0.3 is 5.11 Å². The van der Waals surface area contributed by atoms with E-state index >= 15 is 0 Å². The Labute approximate surface area is 87.1 Å².